The highest BCUT2D eigenvalue weighted by Gasteiger charge is 2.33. The third-order valence-corrected chi connectivity index (χ3v) is 3.76. The van der Waals surface area contributed by atoms with Crippen molar-refractivity contribution in [2.24, 2.45) is 0 Å². The normalized spacial score (nSPS) is 11.7. The molecular weight excluding hydrogens is 289 g/mol. The van der Waals surface area contributed by atoms with Gasteiger partial charge in [0.15, 0.2) is 0 Å². The van der Waals surface area contributed by atoms with Crippen LogP contribution in [0, 0.1) is 6.92 Å². The molecule has 2 aromatic heterocycles. The van der Waals surface area contributed by atoms with Crippen molar-refractivity contribution in [1.82, 2.24) is 9.97 Å². The highest BCUT2D eigenvalue weighted by Crippen LogP contribution is 2.33. The molecule has 2 rings (SSSR count). The number of aryl methyl sites for hydroxylation is 1. The zero-order valence-corrected chi connectivity index (χ0v) is 11.7. The number of nitrogens with two attached hydrogens (primary N) is 1. The summed E-state index contributed by atoms with van der Waals surface area (Å²) in [5, 5.41) is 0. The molecule has 4 nitrogen and oxygen atoms in total. The molecule has 0 aliphatic heterocycles. The number of halogens is 3. The van der Waals surface area contributed by atoms with Gasteiger partial charge in [-0.05, 0) is 13.0 Å². The topological polar surface area (TPSA) is 55.0 Å². The number of hydrogen-bond acceptors (Lipinski definition) is 5. The molecule has 20 heavy (non-hydrogen) atoms. The van der Waals surface area contributed by atoms with Crippen LogP contribution in [0.3, 0.4) is 0 Å². The van der Waals surface area contributed by atoms with Crippen molar-refractivity contribution in [3.05, 3.63) is 34.0 Å². The van der Waals surface area contributed by atoms with E-state index in [4.69, 9.17) is 5.73 Å². The first-order valence-corrected chi connectivity index (χ1v) is 6.60. The van der Waals surface area contributed by atoms with Gasteiger partial charge in [0.1, 0.15) is 5.69 Å². The number of hydrogen-bond donors (Lipinski definition) is 1. The maximum Gasteiger partial charge on any atom is 0.433 e. The molecule has 0 bridgehead atoms. The average molecular weight is 302 g/mol. The van der Waals surface area contributed by atoms with Crippen LogP contribution < -0.4 is 10.6 Å². The number of anilines is 2. The van der Waals surface area contributed by atoms with Crippen LogP contribution in [0.1, 0.15) is 16.3 Å². The Kier molecular flexibility index (Phi) is 3.85. The largest absolute Gasteiger partial charge is 0.433 e. The number of aromatic nitrogens is 2. The van der Waals surface area contributed by atoms with Crippen molar-refractivity contribution in [2.45, 2.75) is 19.6 Å². The maximum absolute atomic E-state index is 12.7. The molecule has 108 valence electrons. The molecular formula is C12H13F3N4S. The second-order valence-corrected chi connectivity index (χ2v) is 5.28. The van der Waals surface area contributed by atoms with Crippen LogP contribution in [-0.2, 0) is 12.7 Å². The van der Waals surface area contributed by atoms with E-state index < -0.39 is 11.9 Å². The van der Waals surface area contributed by atoms with Crippen molar-refractivity contribution in [3.8, 4) is 0 Å². The van der Waals surface area contributed by atoms with E-state index in [0.717, 1.165) is 22.8 Å². The highest BCUT2D eigenvalue weighted by atomic mass is 32.1. The zero-order chi connectivity index (χ0) is 14.9. The Balaban J connectivity index is 2.29. The number of nitrogens with zero attached hydrogens (tertiary/aromatic N) is 3. The van der Waals surface area contributed by atoms with Gasteiger partial charge < -0.3 is 10.6 Å². The fraction of sp³-hybridized carbons (Fsp3) is 0.333. The molecule has 0 atom stereocenters. The van der Waals surface area contributed by atoms with Crippen molar-refractivity contribution in [1.29, 1.82) is 0 Å². The third kappa shape index (κ3) is 3.01. The summed E-state index contributed by atoms with van der Waals surface area (Å²) < 4.78 is 38.0. The molecule has 2 N–H and O–H groups in total. The minimum absolute atomic E-state index is 0.211. The summed E-state index contributed by atoms with van der Waals surface area (Å²) in [5.74, 6) is 0. The van der Waals surface area contributed by atoms with E-state index in [2.05, 4.69) is 9.97 Å². The summed E-state index contributed by atoms with van der Waals surface area (Å²) in [4.78, 5) is 10.1. The lowest BCUT2D eigenvalue weighted by atomic mass is 10.2. The lowest BCUT2D eigenvalue weighted by Crippen LogP contribution is -2.19. The van der Waals surface area contributed by atoms with Crippen molar-refractivity contribution >= 4 is 22.7 Å². The van der Waals surface area contributed by atoms with Crippen LogP contribution in [0.5, 0.6) is 0 Å². The van der Waals surface area contributed by atoms with Crippen LogP contribution in [0.4, 0.5) is 24.5 Å². The van der Waals surface area contributed by atoms with Crippen molar-refractivity contribution < 1.29 is 13.2 Å². The van der Waals surface area contributed by atoms with Crippen LogP contribution in [0.2, 0.25) is 0 Å². The van der Waals surface area contributed by atoms with Gasteiger partial charge in [-0.15, -0.1) is 11.3 Å². The Morgan fingerprint density at radius 3 is 2.60 bits per heavy atom. The third-order valence-electron chi connectivity index (χ3n) is 2.84. The molecule has 2 aromatic rings. The second-order valence-electron chi connectivity index (χ2n) is 4.34. The van der Waals surface area contributed by atoms with E-state index in [1.54, 1.807) is 17.5 Å². The predicted octanol–water partition coefficient (Wildman–Crippen LogP) is 3.08. The van der Waals surface area contributed by atoms with Crippen LogP contribution in [0.25, 0.3) is 0 Å². The summed E-state index contributed by atoms with van der Waals surface area (Å²) in [5.41, 5.74) is 7.85. The Hall–Kier alpha value is -1.83. The average Bonchev–Trinajstić information content (AvgIpc) is 2.74. The van der Waals surface area contributed by atoms with Gasteiger partial charge in [0, 0.05) is 11.9 Å². The molecule has 0 aliphatic carbocycles. The molecule has 0 aromatic carbocycles. The Morgan fingerprint density at radius 2 is 2.05 bits per heavy atom. The quantitative estimate of drug-likeness (QED) is 0.946. The summed E-state index contributed by atoms with van der Waals surface area (Å²) in [7, 11) is 1.69. The maximum atomic E-state index is 12.7. The van der Waals surface area contributed by atoms with Gasteiger partial charge in [0.25, 0.3) is 0 Å². The zero-order valence-electron chi connectivity index (χ0n) is 10.9. The van der Waals surface area contributed by atoms with Crippen molar-refractivity contribution in [2.75, 3.05) is 17.7 Å². The number of thiazole rings is 1. The van der Waals surface area contributed by atoms with Gasteiger partial charge >= 0.3 is 6.18 Å². The molecule has 8 heteroatoms. The van der Waals surface area contributed by atoms with Gasteiger partial charge in [0.05, 0.1) is 35.3 Å². The first-order valence-electron chi connectivity index (χ1n) is 5.72. The van der Waals surface area contributed by atoms with Gasteiger partial charge in [0.2, 0.25) is 0 Å². The van der Waals surface area contributed by atoms with E-state index in [1.807, 2.05) is 6.92 Å². The fourth-order valence-electron chi connectivity index (χ4n) is 1.72. The van der Waals surface area contributed by atoms with E-state index in [1.165, 1.54) is 11.3 Å². The molecule has 2 heterocycles. The molecule has 0 fully saturated rings. The van der Waals surface area contributed by atoms with E-state index in [9.17, 15) is 13.2 Å². The van der Waals surface area contributed by atoms with Crippen LogP contribution in [0.15, 0.2) is 17.8 Å². The number of nitrogen functional groups attached to an aromatic ring is 1. The molecule has 0 saturated carbocycles. The van der Waals surface area contributed by atoms with Crippen LogP contribution in [-0.4, -0.2) is 17.0 Å². The van der Waals surface area contributed by atoms with Gasteiger partial charge in [-0.1, -0.05) is 0 Å². The molecule has 0 spiro atoms. The molecule has 0 saturated heterocycles. The summed E-state index contributed by atoms with van der Waals surface area (Å²) in [6.45, 7) is 2.30. The Bertz CT molecular complexity index is 609. The molecule has 0 radical (unpaired) electrons. The Morgan fingerprint density at radius 1 is 1.35 bits per heavy atom. The van der Waals surface area contributed by atoms with Gasteiger partial charge in [-0.3, -0.25) is 0 Å². The highest BCUT2D eigenvalue weighted by molar-refractivity contribution is 7.09. The predicted molar refractivity (Wildman–Crippen MR) is 72.6 cm³/mol. The van der Waals surface area contributed by atoms with Gasteiger partial charge in [-0.25, -0.2) is 9.97 Å². The minimum atomic E-state index is -4.48. The van der Waals surface area contributed by atoms with E-state index in [-0.39, 0.29) is 5.69 Å². The summed E-state index contributed by atoms with van der Waals surface area (Å²) >= 11 is 1.46. The Labute approximate surface area is 118 Å². The first kappa shape index (κ1) is 14.6. The van der Waals surface area contributed by atoms with Gasteiger partial charge in [-0.2, -0.15) is 13.2 Å². The minimum Gasteiger partial charge on any atom is -0.396 e. The number of rotatable bonds is 3. The monoisotopic (exact) mass is 302 g/mol. The van der Waals surface area contributed by atoms with Crippen molar-refractivity contribution in [3.63, 3.8) is 0 Å². The lowest BCUT2D eigenvalue weighted by Gasteiger charge is -2.21. The summed E-state index contributed by atoms with van der Waals surface area (Å²) in [6, 6.07) is 0.964. The molecule has 0 unspecified atom stereocenters. The molecule has 0 amide bonds. The van der Waals surface area contributed by atoms with E-state index in [0.29, 0.717) is 12.2 Å². The second kappa shape index (κ2) is 5.28. The lowest BCUT2D eigenvalue weighted by molar-refractivity contribution is -0.141. The number of alkyl halides is 3. The summed E-state index contributed by atoms with van der Waals surface area (Å²) in [6.07, 6.45) is -3.45. The fourth-order valence-corrected chi connectivity index (χ4v) is 2.55. The first-order chi connectivity index (χ1) is 9.29. The SMILES string of the molecule is Cc1ncsc1CN(C)c1cc(C(F)(F)F)ncc1N. The smallest absolute Gasteiger partial charge is 0.396 e. The van der Waals surface area contributed by atoms with Crippen LogP contribution >= 0.6 is 11.3 Å². The van der Waals surface area contributed by atoms with E-state index >= 15 is 0 Å². The molecule has 0 aliphatic rings. The number of pyridine rings is 1. The standard InChI is InChI=1S/C12H13F3N4S/c1-7-10(20-6-18-7)5-19(2)9-3-11(12(13,14)15)17-4-8(9)16/h3-4,6H,5,16H2,1-2H3.